The van der Waals surface area contributed by atoms with Gasteiger partial charge in [0.1, 0.15) is 5.75 Å². The van der Waals surface area contributed by atoms with Crippen LogP contribution in [0.25, 0.3) is 11.3 Å². The van der Waals surface area contributed by atoms with Crippen LogP contribution in [0.2, 0.25) is 0 Å². The average molecular weight is 392 g/mol. The Morgan fingerprint density at radius 3 is 2.79 bits per heavy atom. The molecule has 0 spiro atoms. The zero-order valence-electron chi connectivity index (χ0n) is 16.4. The van der Waals surface area contributed by atoms with Gasteiger partial charge in [0.15, 0.2) is 0 Å². The number of benzene rings is 1. The van der Waals surface area contributed by atoms with Gasteiger partial charge in [0, 0.05) is 43.5 Å². The lowest BCUT2D eigenvalue weighted by molar-refractivity contribution is -0.121. The van der Waals surface area contributed by atoms with Gasteiger partial charge in [-0.25, -0.2) is 4.68 Å². The van der Waals surface area contributed by atoms with E-state index < -0.39 is 0 Å². The standard InChI is InChI=1S/C22H24N4O3/c1-29-20-8-3-2-6-17(20)12-14-24-21(27)9-5-15-26-22(28)11-10-19(25-26)18-7-4-13-23-16-18/h2-4,6-8,10-11,13,16H,5,9,12,14-15H2,1H3,(H,24,27). The van der Waals surface area contributed by atoms with Crippen molar-refractivity contribution in [2.45, 2.75) is 25.8 Å². The third kappa shape index (κ3) is 5.75. The number of nitrogens with one attached hydrogen (secondary N) is 1. The molecule has 3 aromatic rings. The molecule has 3 rings (SSSR count). The largest absolute Gasteiger partial charge is 0.496 e. The number of ether oxygens (including phenoxy) is 1. The van der Waals surface area contributed by atoms with E-state index in [4.69, 9.17) is 4.74 Å². The minimum absolute atomic E-state index is 0.0450. The smallest absolute Gasteiger partial charge is 0.266 e. The first-order valence-electron chi connectivity index (χ1n) is 9.54. The third-order valence-electron chi connectivity index (χ3n) is 4.51. The predicted octanol–water partition coefficient (Wildman–Crippen LogP) is 2.45. The van der Waals surface area contributed by atoms with E-state index in [-0.39, 0.29) is 11.5 Å². The summed E-state index contributed by atoms with van der Waals surface area (Å²) >= 11 is 0. The molecule has 150 valence electrons. The fraction of sp³-hybridized carbons (Fsp3) is 0.273. The first-order valence-corrected chi connectivity index (χ1v) is 9.54. The summed E-state index contributed by atoms with van der Waals surface area (Å²) in [4.78, 5) is 28.2. The summed E-state index contributed by atoms with van der Waals surface area (Å²) in [5.74, 6) is 0.775. The van der Waals surface area contributed by atoms with Gasteiger partial charge in [0.2, 0.25) is 5.91 Å². The van der Waals surface area contributed by atoms with E-state index in [1.807, 2.05) is 36.4 Å². The van der Waals surface area contributed by atoms with Crippen molar-refractivity contribution < 1.29 is 9.53 Å². The predicted molar refractivity (Wildman–Crippen MR) is 111 cm³/mol. The minimum Gasteiger partial charge on any atom is -0.496 e. The molecule has 0 radical (unpaired) electrons. The van der Waals surface area contributed by atoms with Crippen molar-refractivity contribution in [3.8, 4) is 17.0 Å². The lowest BCUT2D eigenvalue weighted by Gasteiger charge is -2.09. The number of aryl methyl sites for hydroxylation is 1. The number of hydrogen-bond acceptors (Lipinski definition) is 5. The minimum atomic E-state index is -0.186. The lowest BCUT2D eigenvalue weighted by atomic mass is 10.1. The van der Waals surface area contributed by atoms with Gasteiger partial charge in [0.25, 0.3) is 5.56 Å². The number of para-hydroxylation sites is 1. The number of rotatable bonds is 9. The molecule has 0 fully saturated rings. The van der Waals surface area contributed by atoms with Crippen LogP contribution in [0.5, 0.6) is 5.75 Å². The number of pyridine rings is 1. The van der Waals surface area contributed by atoms with Crippen LogP contribution in [0.15, 0.2) is 65.7 Å². The maximum absolute atomic E-state index is 12.1. The van der Waals surface area contributed by atoms with Crippen LogP contribution in [-0.2, 0) is 17.8 Å². The fourth-order valence-electron chi connectivity index (χ4n) is 3.00. The number of amides is 1. The Labute approximate surface area is 169 Å². The monoisotopic (exact) mass is 392 g/mol. The maximum Gasteiger partial charge on any atom is 0.266 e. The summed E-state index contributed by atoms with van der Waals surface area (Å²) in [6, 6.07) is 14.6. The molecule has 1 aromatic carbocycles. The lowest BCUT2D eigenvalue weighted by Crippen LogP contribution is -2.27. The van der Waals surface area contributed by atoms with Gasteiger partial charge in [-0.05, 0) is 42.7 Å². The van der Waals surface area contributed by atoms with Crippen LogP contribution >= 0.6 is 0 Å². The van der Waals surface area contributed by atoms with E-state index in [9.17, 15) is 9.59 Å². The molecule has 29 heavy (non-hydrogen) atoms. The summed E-state index contributed by atoms with van der Waals surface area (Å²) in [7, 11) is 1.64. The number of aromatic nitrogens is 3. The van der Waals surface area contributed by atoms with E-state index in [2.05, 4.69) is 15.4 Å². The molecule has 2 heterocycles. The van der Waals surface area contributed by atoms with Crippen LogP contribution in [-0.4, -0.2) is 34.3 Å². The molecule has 1 N–H and O–H groups in total. The number of carbonyl (C=O) groups is 1. The van der Waals surface area contributed by atoms with Crippen molar-refractivity contribution in [2.75, 3.05) is 13.7 Å². The Bertz CT molecular complexity index is 1000. The molecule has 7 heteroatoms. The Morgan fingerprint density at radius 2 is 2.00 bits per heavy atom. The second-order valence-electron chi connectivity index (χ2n) is 6.54. The zero-order chi connectivity index (χ0) is 20.5. The Hall–Kier alpha value is -3.48. The summed E-state index contributed by atoms with van der Waals surface area (Å²) < 4.78 is 6.71. The van der Waals surface area contributed by atoms with Crippen LogP contribution in [0.3, 0.4) is 0 Å². The molecule has 1 amide bonds. The van der Waals surface area contributed by atoms with Gasteiger partial charge in [-0.15, -0.1) is 0 Å². The fourth-order valence-corrected chi connectivity index (χ4v) is 3.00. The highest BCUT2D eigenvalue weighted by Crippen LogP contribution is 2.17. The maximum atomic E-state index is 12.1. The topological polar surface area (TPSA) is 86.1 Å². The molecule has 7 nitrogen and oxygen atoms in total. The van der Waals surface area contributed by atoms with Gasteiger partial charge in [-0.2, -0.15) is 5.10 Å². The molecule has 0 unspecified atom stereocenters. The van der Waals surface area contributed by atoms with E-state index in [1.54, 1.807) is 25.6 Å². The molecule has 0 atom stereocenters. The Balaban J connectivity index is 1.47. The van der Waals surface area contributed by atoms with Crippen LogP contribution in [0.1, 0.15) is 18.4 Å². The van der Waals surface area contributed by atoms with Gasteiger partial charge in [0.05, 0.1) is 12.8 Å². The number of nitrogens with zero attached hydrogens (tertiary/aromatic N) is 3. The molecule has 2 aromatic heterocycles. The van der Waals surface area contributed by atoms with Gasteiger partial charge in [-0.1, -0.05) is 18.2 Å². The van der Waals surface area contributed by atoms with Crippen molar-refractivity contribution in [1.29, 1.82) is 0 Å². The molecular weight excluding hydrogens is 368 g/mol. The second kappa shape index (κ2) is 10.2. The highest BCUT2D eigenvalue weighted by molar-refractivity contribution is 5.75. The van der Waals surface area contributed by atoms with E-state index in [1.165, 1.54) is 10.7 Å². The number of methoxy groups -OCH3 is 1. The average Bonchev–Trinajstić information content (AvgIpc) is 2.76. The van der Waals surface area contributed by atoms with Crippen molar-refractivity contribution in [1.82, 2.24) is 20.1 Å². The highest BCUT2D eigenvalue weighted by Gasteiger charge is 2.07. The van der Waals surface area contributed by atoms with Gasteiger partial charge < -0.3 is 10.1 Å². The number of hydrogen-bond donors (Lipinski definition) is 1. The van der Waals surface area contributed by atoms with Gasteiger partial charge >= 0.3 is 0 Å². The summed E-state index contributed by atoms with van der Waals surface area (Å²) in [5.41, 5.74) is 2.39. The van der Waals surface area contributed by atoms with Crippen molar-refractivity contribution in [2.24, 2.45) is 0 Å². The first-order chi connectivity index (χ1) is 14.2. The van der Waals surface area contributed by atoms with E-state index in [0.29, 0.717) is 38.0 Å². The zero-order valence-corrected chi connectivity index (χ0v) is 16.4. The molecule has 0 aliphatic heterocycles. The SMILES string of the molecule is COc1ccccc1CCNC(=O)CCCn1nc(-c2cccnc2)ccc1=O. The van der Waals surface area contributed by atoms with E-state index >= 15 is 0 Å². The highest BCUT2D eigenvalue weighted by atomic mass is 16.5. The van der Waals surface area contributed by atoms with E-state index in [0.717, 1.165) is 16.9 Å². The molecule has 0 saturated carbocycles. The molecule has 0 aliphatic carbocycles. The Morgan fingerprint density at radius 1 is 1.14 bits per heavy atom. The second-order valence-corrected chi connectivity index (χ2v) is 6.54. The van der Waals surface area contributed by atoms with Crippen LogP contribution in [0, 0.1) is 0 Å². The summed E-state index contributed by atoms with van der Waals surface area (Å²) in [6.07, 6.45) is 4.95. The summed E-state index contributed by atoms with van der Waals surface area (Å²) in [6.45, 7) is 0.917. The van der Waals surface area contributed by atoms with Crippen molar-refractivity contribution in [3.63, 3.8) is 0 Å². The quantitative estimate of drug-likeness (QED) is 0.605. The third-order valence-corrected chi connectivity index (χ3v) is 4.51. The van der Waals surface area contributed by atoms with Gasteiger partial charge in [-0.3, -0.25) is 14.6 Å². The molecular formula is C22H24N4O3. The van der Waals surface area contributed by atoms with Crippen LogP contribution in [0.4, 0.5) is 0 Å². The van der Waals surface area contributed by atoms with Crippen molar-refractivity contribution in [3.05, 3.63) is 76.8 Å². The first kappa shape index (κ1) is 20.3. The molecule has 0 bridgehead atoms. The van der Waals surface area contributed by atoms with Crippen LogP contribution < -0.4 is 15.6 Å². The molecule has 0 saturated heterocycles. The number of carbonyl (C=O) groups excluding carboxylic acids is 1. The van der Waals surface area contributed by atoms with Crippen molar-refractivity contribution >= 4 is 5.91 Å². The summed E-state index contributed by atoms with van der Waals surface area (Å²) in [5, 5.41) is 7.29. The normalized spacial score (nSPS) is 10.5. The Kier molecular flexibility index (Phi) is 7.10. The molecule has 0 aliphatic rings.